The summed E-state index contributed by atoms with van der Waals surface area (Å²) in [4.78, 5) is 12.9. The van der Waals surface area contributed by atoms with Crippen LogP contribution >= 0.6 is 0 Å². The molecule has 2 nitrogen and oxygen atoms in total. The molecule has 0 bridgehead atoms. The second-order valence-corrected chi connectivity index (χ2v) is 12.8. The van der Waals surface area contributed by atoms with E-state index in [1.54, 1.807) is 0 Å². The molecule has 0 N–H and O–H groups in total. The topological polar surface area (TPSA) is 26.3 Å². The SMILES string of the molecule is CCCCC[C@H]1CC[C@H](c2ccc(-c3ccc(C(=O)O[C@H]4CC[C@H](c5ccc(CCC)cc5)CC4)cc3)cc2)CC1. The minimum Gasteiger partial charge on any atom is -0.459 e. The van der Waals surface area contributed by atoms with Crippen molar-refractivity contribution in [2.45, 2.75) is 122 Å². The Bertz CT molecular complexity index is 1190. The predicted molar refractivity (Wildman–Crippen MR) is 172 cm³/mol. The standard InChI is InChI=1S/C39H50O2/c1-3-5-6-8-30-11-15-31(16-12-30)33-17-19-34(20-18-33)35-21-23-37(24-22-35)39(40)41-38-27-25-36(26-28-38)32-13-9-29(7-4-2)10-14-32/h9-10,13-14,17-24,30-31,36,38H,3-8,11-12,15-16,25-28H2,1-2H3/t30-,31-,36-,38-. The van der Waals surface area contributed by atoms with Crippen molar-refractivity contribution in [2.75, 3.05) is 0 Å². The highest BCUT2D eigenvalue weighted by Crippen LogP contribution is 2.38. The van der Waals surface area contributed by atoms with Crippen molar-refractivity contribution in [3.8, 4) is 11.1 Å². The van der Waals surface area contributed by atoms with Crippen LogP contribution in [0.1, 0.15) is 136 Å². The van der Waals surface area contributed by atoms with Crippen LogP contribution in [0.25, 0.3) is 11.1 Å². The molecule has 0 unspecified atom stereocenters. The highest BCUT2D eigenvalue weighted by Gasteiger charge is 2.26. The van der Waals surface area contributed by atoms with Crippen LogP contribution in [0, 0.1) is 5.92 Å². The lowest BCUT2D eigenvalue weighted by molar-refractivity contribution is 0.0195. The fraction of sp³-hybridized carbons (Fsp3) is 0.513. The summed E-state index contributed by atoms with van der Waals surface area (Å²) in [6.45, 7) is 4.52. The number of unbranched alkanes of at least 4 members (excludes halogenated alkanes) is 2. The van der Waals surface area contributed by atoms with Gasteiger partial charge in [-0.3, -0.25) is 0 Å². The van der Waals surface area contributed by atoms with Gasteiger partial charge in [0.2, 0.25) is 0 Å². The van der Waals surface area contributed by atoms with Crippen LogP contribution in [-0.4, -0.2) is 12.1 Å². The van der Waals surface area contributed by atoms with Gasteiger partial charge in [-0.15, -0.1) is 0 Å². The van der Waals surface area contributed by atoms with Gasteiger partial charge in [-0.1, -0.05) is 107 Å². The summed E-state index contributed by atoms with van der Waals surface area (Å²) in [6.07, 6.45) is 17.4. The molecule has 218 valence electrons. The lowest BCUT2D eigenvalue weighted by Gasteiger charge is -2.29. The molecule has 0 aromatic heterocycles. The van der Waals surface area contributed by atoms with E-state index in [0.29, 0.717) is 17.4 Å². The summed E-state index contributed by atoms with van der Waals surface area (Å²) >= 11 is 0. The molecule has 0 heterocycles. The van der Waals surface area contributed by atoms with Gasteiger partial charge >= 0.3 is 5.97 Å². The van der Waals surface area contributed by atoms with Crippen LogP contribution in [0.4, 0.5) is 0 Å². The summed E-state index contributed by atoms with van der Waals surface area (Å²) in [5, 5.41) is 0. The molecule has 2 saturated carbocycles. The number of benzene rings is 3. The molecule has 2 fully saturated rings. The molecule has 2 heteroatoms. The zero-order chi connectivity index (χ0) is 28.4. The van der Waals surface area contributed by atoms with Crippen molar-refractivity contribution in [1.82, 2.24) is 0 Å². The van der Waals surface area contributed by atoms with Crippen LogP contribution < -0.4 is 0 Å². The van der Waals surface area contributed by atoms with Crippen LogP contribution in [0.5, 0.6) is 0 Å². The first-order valence-corrected chi connectivity index (χ1v) is 16.6. The number of carbonyl (C=O) groups excluding carboxylic acids is 1. The third kappa shape index (κ3) is 8.12. The molecule has 0 radical (unpaired) electrons. The molecule has 5 rings (SSSR count). The molecular weight excluding hydrogens is 500 g/mol. The minimum atomic E-state index is -0.190. The van der Waals surface area contributed by atoms with Crippen molar-refractivity contribution in [1.29, 1.82) is 0 Å². The molecule has 3 aromatic carbocycles. The summed E-state index contributed by atoms with van der Waals surface area (Å²) in [7, 11) is 0. The van der Waals surface area contributed by atoms with E-state index in [1.165, 1.54) is 80.0 Å². The monoisotopic (exact) mass is 550 g/mol. The predicted octanol–water partition coefficient (Wildman–Crippen LogP) is 11.0. The van der Waals surface area contributed by atoms with Gasteiger partial charge in [0, 0.05) is 0 Å². The lowest BCUT2D eigenvalue weighted by atomic mass is 9.77. The van der Waals surface area contributed by atoms with Crippen molar-refractivity contribution in [3.05, 3.63) is 95.1 Å². The number of rotatable bonds is 11. The Balaban J connectivity index is 1.08. The summed E-state index contributed by atoms with van der Waals surface area (Å²) < 4.78 is 5.94. The quantitative estimate of drug-likeness (QED) is 0.175. The molecule has 0 aliphatic heterocycles. The highest BCUT2D eigenvalue weighted by molar-refractivity contribution is 5.90. The van der Waals surface area contributed by atoms with Crippen LogP contribution in [0.3, 0.4) is 0 Å². The molecule has 0 amide bonds. The number of esters is 1. The van der Waals surface area contributed by atoms with Gasteiger partial charge in [0.1, 0.15) is 6.10 Å². The van der Waals surface area contributed by atoms with Crippen molar-refractivity contribution < 1.29 is 9.53 Å². The van der Waals surface area contributed by atoms with Crippen molar-refractivity contribution in [3.63, 3.8) is 0 Å². The van der Waals surface area contributed by atoms with Gasteiger partial charge in [-0.25, -0.2) is 4.79 Å². The van der Waals surface area contributed by atoms with Gasteiger partial charge in [-0.05, 0) is 115 Å². The highest BCUT2D eigenvalue weighted by atomic mass is 16.5. The molecule has 2 aliphatic rings. The second-order valence-electron chi connectivity index (χ2n) is 12.8. The molecule has 3 aromatic rings. The first-order chi connectivity index (χ1) is 20.1. The van der Waals surface area contributed by atoms with Gasteiger partial charge in [-0.2, -0.15) is 0 Å². The smallest absolute Gasteiger partial charge is 0.338 e. The molecule has 2 aliphatic carbocycles. The summed E-state index contributed by atoms with van der Waals surface area (Å²) in [5.41, 5.74) is 7.36. The molecular formula is C39H50O2. The number of aryl methyl sites for hydroxylation is 1. The van der Waals surface area contributed by atoms with E-state index in [1.807, 2.05) is 12.1 Å². The number of hydrogen-bond donors (Lipinski definition) is 0. The Morgan fingerprint density at radius 1 is 0.634 bits per heavy atom. The number of ether oxygens (including phenoxy) is 1. The Kier molecular flexibility index (Phi) is 10.7. The largest absolute Gasteiger partial charge is 0.459 e. The normalized spacial score (nSPS) is 22.8. The fourth-order valence-electron chi connectivity index (χ4n) is 7.19. The zero-order valence-electron chi connectivity index (χ0n) is 25.5. The summed E-state index contributed by atoms with van der Waals surface area (Å²) in [5.74, 6) is 2.05. The first kappa shape index (κ1) is 29.6. The maximum Gasteiger partial charge on any atom is 0.338 e. The van der Waals surface area contributed by atoms with E-state index in [-0.39, 0.29) is 12.1 Å². The van der Waals surface area contributed by atoms with Gasteiger partial charge < -0.3 is 4.74 Å². The van der Waals surface area contributed by atoms with E-state index in [2.05, 4.69) is 74.5 Å². The van der Waals surface area contributed by atoms with E-state index in [4.69, 9.17) is 4.74 Å². The van der Waals surface area contributed by atoms with Crippen LogP contribution in [0.2, 0.25) is 0 Å². The molecule has 0 saturated heterocycles. The van der Waals surface area contributed by atoms with E-state index < -0.39 is 0 Å². The third-order valence-corrected chi connectivity index (χ3v) is 9.84. The Morgan fingerprint density at radius 2 is 1.17 bits per heavy atom. The average molecular weight is 551 g/mol. The van der Waals surface area contributed by atoms with E-state index in [0.717, 1.165) is 43.6 Å². The van der Waals surface area contributed by atoms with Crippen LogP contribution in [0.15, 0.2) is 72.8 Å². The maximum absolute atomic E-state index is 12.9. The minimum absolute atomic E-state index is 0.0248. The summed E-state index contributed by atoms with van der Waals surface area (Å²) in [6, 6.07) is 26.3. The Hall–Kier alpha value is -2.87. The average Bonchev–Trinajstić information content (AvgIpc) is 3.03. The Labute approximate surface area is 248 Å². The zero-order valence-corrected chi connectivity index (χ0v) is 25.5. The van der Waals surface area contributed by atoms with Crippen molar-refractivity contribution >= 4 is 5.97 Å². The van der Waals surface area contributed by atoms with Crippen LogP contribution in [-0.2, 0) is 11.2 Å². The van der Waals surface area contributed by atoms with E-state index in [9.17, 15) is 4.79 Å². The maximum atomic E-state index is 12.9. The third-order valence-electron chi connectivity index (χ3n) is 9.84. The fourth-order valence-corrected chi connectivity index (χ4v) is 7.19. The Morgan fingerprint density at radius 3 is 1.73 bits per heavy atom. The number of carbonyl (C=O) groups is 1. The molecule has 0 atom stereocenters. The second kappa shape index (κ2) is 14.9. The first-order valence-electron chi connectivity index (χ1n) is 16.6. The van der Waals surface area contributed by atoms with Gasteiger partial charge in [0.25, 0.3) is 0 Å². The van der Waals surface area contributed by atoms with Gasteiger partial charge in [0.05, 0.1) is 5.56 Å². The number of hydrogen-bond acceptors (Lipinski definition) is 2. The lowest BCUT2D eigenvalue weighted by Crippen LogP contribution is -2.24. The van der Waals surface area contributed by atoms with Gasteiger partial charge in [0.15, 0.2) is 0 Å². The van der Waals surface area contributed by atoms with Crippen molar-refractivity contribution in [2.24, 2.45) is 5.92 Å². The molecule has 0 spiro atoms. The molecule has 41 heavy (non-hydrogen) atoms. The van der Waals surface area contributed by atoms with E-state index >= 15 is 0 Å².